The lowest BCUT2D eigenvalue weighted by Crippen LogP contribution is -2.58. The summed E-state index contributed by atoms with van der Waals surface area (Å²) in [7, 11) is 0. The number of benzene rings is 1. The van der Waals surface area contributed by atoms with E-state index in [0.717, 1.165) is 31.2 Å². The van der Waals surface area contributed by atoms with Crippen molar-refractivity contribution >= 4 is 17.8 Å². The van der Waals surface area contributed by atoms with Gasteiger partial charge in [-0.3, -0.25) is 14.4 Å². The first-order valence-electron chi connectivity index (χ1n) is 14.7. The molecule has 7 atom stereocenters. The maximum absolute atomic E-state index is 14.5. The summed E-state index contributed by atoms with van der Waals surface area (Å²) >= 11 is 0. The van der Waals surface area contributed by atoms with Gasteiger partial charge >= 0.3 is 5.97 Å². The molecule has 0 aromatic heterocycles. The minimum atomic E-state index is -1.15. The number of hydrogen-bond donors (Lipinski definition) is 1. The van der Waals surface area contributed by atoms with Gasteiger partial charge in [-0.2, -0.15) is 0 Å². The van der Waals surface area contributed by atoms with Gasteiger partial charge in [0, 0.05) is 12.6 Å². The first-order chi connectivity index (χ1) is 19.4. The molecule has 0 radical (unpaired) electrons. The van der Waals surface area contributed by atoms with Gasteiger partial charge in [-0.05, 0) is 51.0 Å². The van der Waals surface area contributed by atoms with Crippen molar-refractivity contribution in [2.45, 2.75) is 88.6 Å². The number of aliphatic hydroxyl groups is 1. The number of unbranched alkanes of at least 4 members (excludes halogenated alkanes) is 2. The summed E-state index contributed by atoms with van der Waals surface area (Å²) < 4.78 is 12.2. The van der Waals surface area contributed by atoms with Crippen molar-refractivity contribution in [3.8, 4) is 0 Å². The van der Waals surface area contributed by atoms with Crippen LogP contribution in [0.3, 0.4) is 0 Å². The van der Waals surface area contributed by atoms with Crippen LogP contribution in [0.4, 0.5) is 0 Å². The van der Waals surface area contributed by atoms with Crippen molar-refractivity contribution in [2.75, 3.05) is 19.8 Å². The predicted molar refractivity (Wildman–Crippen MR) is 152 cm³/mol. The maximum Gasteiger partial charge on any atom is 0.312 e. The first-order valence-corrected chi connectivity index (χ1v) is 14.7. The van der Waals surface area contributed by atoms with Gasteiger partial charge < -0.3 is 24.4 Å². The Balaban J connectivity index is 1.73. The Kier molecular flexibility index (Phi) is 9.85. The molecule has 1 aromatic carbocycles. The highest BCUT2D eigenvalue weighted by Crippen LogP contribution is 2.60. The second kappa shape index (κ2) is 13.1. The first kappa shape index (κ1) is 30.0. The summed E-state index contributed by atoms with van der Waals surface area (Å²) in [6.07, 6.45) is 8.21. The minimum Gasteiger partial charge on any atom is -0.465 e. The number of nitrogens with zero attached hydrogens (tertiary/aromatic N) is 2. The van der Waals surface area contributed by atoms with Crippen molar-refractivity contribution in [3.05, 3.63) is 61.2 Å². The predicted octanol–water partition coefficient (Wildman–Crippen LogP) is 4.20. The number of hydrogen-bond acceptors (Lipinski definition) is 6. The molecule has 0 aliphatic carbocycles. The molecule has 3 aliphatic heterocycles. The van der Waals surface area contributed by atoms with Crippen LogP contribution in [0.15, 0.2) is 55.6 Å². The summed E-state index contributed by atoms with van der Waals surface area (Å²) in [6.45, 7) is 11.9. The topological polar surface area (TPSA) is 96.4 Å². The van der Waals surface area contributed by atoms with Crippen LogP contribution in [0, 0.1) is 11.8 Å². The second-order valence-electron chi connectivity index (χ2n) is 11.3. The van der Waals surface area contributed by atoms with Gasteiger partial charge in [-0.25, -0.2) is 0 Å². The summed E-state index contributed by atoms with van der Waals surface area (Å²) in [4.78, 5) is 45.6. The molecule has 40 heavy (non-hydrogen) atoms. The van der Waals surface area contributed by atoms with E-state index < -0.39 is 41.6 Å². The van der Waals surface area contributed by atoms with E-state index >= 15 is 0 Å². The van der Waals surface area contributed by atoms with Crippen LogP contribution in [0.1, 0.15) is 70.4 Å². The van der Waals surface area contributed by atoms with Crippen LogP contribution >= 0.6 is 0 Å². The Morgan fingerprint density at radius 3 is 2.65 bits per heavy atom. The van der Waals surface area contributed by atoms with Crippen molar-refractivity contribution in [1.82, 2.24) is 9.80 Å². The Morgan fingerprint density at radius 1 is 1.25 bits per heavy atom. The van der Waals surface area contributed by atoms with Gasteiger partial charge in [0.05, 0.1) is 37.2 Å². The molecule has 218 valence electrons. The van der Waals surface area contributed by atoms with E-state index in [-0.39, 0.29) is 31.1 Å². The van der Waals surface area contributed by atoms with Crippen LogP contribution in [0.5, 0.6) is 0 Å². The zero-order valence-corrected chi connectivity index (χ0v) is 23.9. The Hall–Kier alpha value is -2.97. The Labute approximate surface area is 238 Å². The normalized spacial score (nSPS) is 28.2. The van der Waals surface area contributed by atoms with Crippen LogP contribution in [0.2, 0.25) is 0 Å². The van der Waals surface area contributed by atoms with E-state index in [1.165, 1.54) is 4.90 Å². The number of allylic oxidation sites excluding steroid dienone is 1. The molecule has 3 aliphatic rings. The molecule has 3 saturated heterocycles. The lowest BCUT2D eigenvalue weighted by atomic mass is 9.70. The summed E-state index contributed by atoms with van der Waals surface area (Å²) in [5.74, 6) is -2.63. The van der Waals surface area contributed by atoms with Gasteiger partial charge in [0.25, 0.3) is 0 Å². The van der Waals surface area contributed by atoms with Crippen LogP contribution < -0.4 is 0 Å². The molecule has 8 heteroatoms. The van der Waals surface area contributed by atoms with E-state index in [2.05, 4.69) is 20.1 Å². The minimum absolute atomic E-state index is 0.0814. The molecule has 2 amide bonds. The van der Waals surface area contributed by atoms with Crippen molar-refractivity contribution in [2.24, 2.45) is 11.8 Å². The van der Waals surface area contributed by atoms with E-state index in [1.807, 2.05) is 43.3 Å². The highest BCUT2D eigenvalue weighted by molar-refractivity contribution is 5.98. The number of amides is 2. The van der Waals surface area contributed by atoms with Gasteiger partial charge in [-0.15, -0.1) is 13.2 Å². The van der Waals surface area contributed by atoms with E-state index in [1.54, 1.807) is 11.0 Å². The highest BCUT2D eigenvalue weighted by atomic mass is 16.6. The second-order valence-corrected chi connectivity index (χ2v) is 11.3. The van der Waals surface area contributed by atoms with Crippen molar-refractivity contribution < 1.29 is 29.0 Å². The summed E-state index contributed by atoms with van der Waals surface area (Å²) in [5.41, 5.74) is -0.431. The molecule has 3 fully saturated rings. The van der Waals surface area contributed by atoms with E-state index in [0.29, 0.717) is 25.8 Å². The molecule has 1 N–H and O–H groups in total. The van der Waals surface area contributed by atoms with Gasteiger partial charge in [-0.1, -0.05) is 55.8 Å². The van der Waals surface area contributed by atoms with Crippen molar-refractivity contribution in [3.63, 3.8) is 0 Å². The van der Waals surface area contributed by atoms with Crippen LogP contribution in [-0.4, -0.2) is 76.2 Å². The van der Waals surface area contributed by atoms with Gasteiger partial charge in [0.1, 0.15) is 11.6 Å². The highest BCUT2D eigenvalue weighted by Gasteiger charge is 2.75. The van der Waals surface area contributed by atoms with Gasteiger partial charge in [0.2, 0.25) is 11.8 Å². The standard InChI is InChI=1S/C32H44N2O6/c1-5-8-9-13-20-39-31(38)26-25-17-18-32(40-25)27(26)29(36)34(24(21-35)23-15-11-10-12-16-23)28(32)30(37)33(19-7-3)22(4)14-6-2/h5,7,10-12,15-16,22,24-28,35H,1,3,6,8-9,13-14,17-21H2,2,4H3/t22?,24-,25-,26+,27+,28?,32?/m1/s1. The van der Waals surface area contributed by atoms with Gasteiger partial charge in [0.15, 0.2) is 0 Å². The number of rotatable bonds is 15. The fourth-order valence-corrected chi connectivity index (χ4v) is 7.02. The van der Waals surface area contributed by atoms with E-state index in [9.17, 15) is 19.5 Å². The van der Waals surface area contributed by atoms with Crippen LogP contribution in [0.25, 0.3) is 0 Å². The molecule has 8 nitrogen and oxygen atoms in total. The average Bonchev–Trinajstić information content (AvgIpc) is 3.60. The number of aliphatic hydroxyl groups excluding tert-OH is 1. The molecule has 3 unspecified atom stereocenters. The molecular weight excluding hydrogens is 508 g/mol. The Bertz CT molecular complexity index is 1080. The number of carbonyl (C=O) groups is 3. The average molecular weight is 553 g/mol. The maximum atomic E-state index is 14.5. The molecule has 1 spiro atoms. The SMILES string of the molecule is C=CCCCCOC(=O)[C@@H]1[C@H]2C(=O)N([C@H](CO)c3ccccc3)C(C(=O)N(CC=C)C(C)CCC)C23CC[C@H]1O3. The summed E-state index contributed by atoms with van der Waals surface area (Å²) in [6, 6.07) is 7.43. The zero-order chi connectivity index (χ0) is 28.9. The lowest BCUT2D eigenvalue weighted by Gasteiger charge is -2.41. The third kappa shape index (κ3) is 5.36. The van der Waals surface area contributed by atoms with Crippen molar-refractivity contribution in [1.29, 1.82) is 0 Å². The van der Waals surface area contributed by atoms with E-state index in [4.69, 9.17) is 9.47 Å². The quantitative estimate of drug-likeness (QED) is 0.199. The monoisotopic (exact) mass is 552 g/mol. The van der Waals surface area contributed by atoms with Crippen LogP contribution in [-0.2, 0) is 23.9 Å². The Morgan fingerprint density at radius 2 is 2.00 bits per heavy atom. The number of fused-ring (bicyclic) bond motifs is 1. The molecule has 3 heterocycles. The lowest BCUT2D eigenvalue weighted by molar-refractivity contribution is -0.157. The molecule has 2 bridgehead atoms. The largest absolute Gasteiger partial charge is 0.465 e. The third-order valence-corrected chi connectivity index (χ3v) is 8.83. The molecule has 0 saturated carbocycles. The number of ether oxygens (including phenoxy) is 2. The molecule has 1 aromatic rings. The molecule has 4 rings (SSSR count). The zero-order valence-electron chi connectivity index (χ0n) is 23.9. The number of likely N-dealkylation sites (tertiary alicyclic amines) is 1. The smallest absolute Gasteiger partial charge is 0.312 e. The third-order valence-electron chi connectivity index (χ3n) is 8.83. The summed E-state index contributed by atoms with van der Waals surface area (Å²) in [5, 5.41) is 10.6. The fraction of sp³-hybridized carbons (Fsp3) is 0.594. The molecular formula is C32H44N2O6. The number of carbonyl (C=O) groups excluding carboxylic acids is 3. The number of esters is 1. The fourth-order valence-electron chi connectivity index (χ4n) is 7.02.